The van der Waals surface area contributed by atoms with Gasteiger partial charge in [-0.1, -0.05) is 6.07 Å². The summed E-state index contributed by atoms with van der Waals surface area (Å²) in [5.74, 6) is 0.100. The third-order valence-corrected chi connectivity index (χ3v) is 5.47. The highest BCUT2D eigenvalue weighted by molar-refractivity contribution is 7.13. The second-order valence-electron chi connectivity index (χ2n) is 5.45. The van der Waals surface area contributed by atoms with Crippen LogP contribution in [0.25, 0.3) is 0 Å². The van der Waals surface area contributed by atoms with Gasteiger partial charge in [-0.2, -0.15) is 0 Å². The van der Waals surface area contributed by atoms with Crippen LogP contribution in [0.3, 0.4) is 0 Å². The van der Waals surface area contributed by atoms with Crippen molar-refractivity contribution in [2.45, 2.75) is 19.5 Å². The normalized spacial score (nSPS) is 19.3. The van der Waals surface area contributed by atoms with Gasteiger partial charge < -0.3 is 10.2 Å². The van der Waals surface area contributed by atoms with Crippen molar-refractivity contribution >= 4 is 33.7 Å². The molecule has 1 saturated heterocycles. The first-order valence-corrected chi connectivity index (χ1v) is 9.16. The summed E-state index contributed by atoms with van der Waals surface area (Å²) in [6.45, 7) is 6.01. The molecule has 1 amide bonds. The molecule has 5 nitrogen and oxygen atoms in total. The standard InChI is InChI=1S/C15H20N4OS2/c1-12-10-18(5-6-19(12)15-16-4-8-22-15)11-14(20)17-9-13-3-2-7-21-13/h2-4,7-8,12H,5-6,9-11H2,1H3,(H,17,20)/t12-/m1/s1. The molecule has 1 aliphatic rings. The van der Waals surface area contributed by atoms with Crippen molar-refractivity contribution in [1.29, 1.82) is 0 Å². The highest BCUT2D eigenvalue weighted by Gasteiger charge is 2.26. The van der Waals surface area contributed by atoms with E-state index in [1.807, 2.05) is 29.1 Å². The first-order chi connectivity index (χ1) is 10.7. The van der Waals surface area contributed by atoms with E-state index in [0.717, 1.165) is 24.8 Å². The third kappa shape index (κ3) is 3.85. The molecule has 0 bridgehead atoms. The number of carbonyl (C=O) groups is 1. The SMILES string of the molecule is C[C@@H]1CN(CC(=O)NCc2cccs2)CCN1c1nccs1. The van der Waals surface area contributed by atoms with Crippen molar-refractivity contribution in [3.63, 3.8) is 0 Å². The Balaban J connectivity index is 1.45. The minimum absolute atomic E-state index is 0.100. The lowest BCUT2D eigenvalue weighted by atomic mass is 10.2. The van der Waals surface area contributed by atoms with Crippen molar-refractivity contribution in [1.82, 2.24) is 15.2 Å². The maximum atomic E-state index is 12.1. The Morgan fingerprint density at radius 3 is 3.00 bits per heavy atom. The van der Waals surface area contributed by atoms with Crippen LogP contribution in [0.2, 0.25) is 0 Å². The van der Waals surface area contributed by atoms with E-state index in [4.69, 9.17) is 0 Å². The van der Waals surface area contributed by atoms with E-state index >= 15 is 0 Å². The van der Waals surface area contributed by atoms with Gasteiger partial charge in [0.05, 0.1) is 13.1 Å². The van der Waals surface area contributed by atoms with Crippen LogP contribution in [-0.4, -0.2) is 48.0 Å². The molecule has 1 atom stereocenters. The van der Waals surface area contributed by atoms with E-state index < -0.39 is 0 Å². The van der Waals surface area contributed by atoms with Crippen molar-refractivity contribution in [3.8, 4) is 0 Å². The first kappa shape index (κ1) is 15.5. The molecule has 22 heavy (non-hydrogen) atoms. The number of thiazole rings is 1. The number of nitrogens with one attached hydrogen (secondary N) is 1. The maximum absolute atomic E-state index is 12.1. The Kier molecular flexibility index (Phi) is 5.07. The van der Waals surface area contributed by atoms with E-state index in [0.29, 0.717) is 19.1 Å². The second kappa shape index (κ2) is 7.21. The Labute approximate surface area is 138 Å². The number of piperazine rings is 1. The molecule has 2 aromatic heterocycles. The maximum Gasteiger partial charge on any atom is 0.234 e. The summed E-state index contributed by atoms with van der Waals surface area (Å²) in [6.07, 6.45) is 1.84. The smallest absolute Gasteiger partial charge is 0.234 e. The zero-order valence-electron chi connectivity index (χ0n) is 12.6. The van der Waals surface area contributed by atoms with E-state index in [1.165, 1.54) is 4.88 Å². The van der Waals surface area contributed by atoms with Crippen LogP contribution in [0, 0.1) is 0 Å². The van der Waals surface area contributed by atoms with Crippen LogP contribution in [0.4, 0.5) is 5.13 Å². The third-order valence-electron chi connectivity index (χ3n) is 3.78. The molecule has 2 aromatic rings. The average molecular weight is 336 g/mol. The summed E-state index contributed by atoms with van der Waals surface area (Å²) in [4.78, 5) is 22.2. The van der Waals surface area contributed by atoms with E-state index in [-0.39, 0.29) is 5.91 Å². The fraction of sp³-hybridized carbons (Fsp3) is 0.467. The lowest BCUT2D eigenvalue weighted by Crippen LogP contribution is -2.54. The molecule has 0 saturated carbocycles. The quantitative estimate of drug-likeness (QED) is 0.908. The molecular weight excluding hydrogens is 316 g/mol. The molecular formula is C15H20N4OS2. The zero-order chi connectivity index (χ0) is 15.4. The average Bonchev–Trinajstić information content (AvgIpc) is 3.19. The monoisotopic (exact) mass is 336 g/mol. The fourth-order valence-electron chi connectivity index (χ4n) is 2.68. The summed E-state index contributed by atoms with van der Waals surface area (Å²) in [5, 5.41) is 8.11. The molecule has 3 heterocycles. The molecule has 0 aromatic carbocycles. The minimum atomic E-state index is 0.100. The van der Waals surface area contributed by atoms with Gasteiger partial charge in [-0.05, 0) is 18.4 Å². The van der Waals surface area contributed by atoms with Crippen molar-refractivity contribution in [3.05, 3.63) is 34.0 Å². The van der Waals surface area contributed by atoms with E-state index in [2.05, 4.69) is 27.0 Å². The topological polar surface area (TPSA) is 48.5 Å². The van der Waals surface area contributed by atoms with Crippen molar-refractivity contribution in [2.75, 3.05) is 31.1 Å². The summed E-state index contributed by atoms with van der Waals surface area (Å²) in [6, 6.07) is 4.43. The fourth-order valence-corrected chi connectivity index (χ4v) is 4.09. The molecule has 0 spiro atoms. The van der Waals surface area contributed by atoms with Gasteiger partial charge in [0.15, 0.2) is 5.13 Å². The van der Waals surface area contributed by atoms with E-state index in [9.17, 15) is 4.79 Å². The predicted molar refractivity (Wildman–Crippen MR) is 91.5 cm³/mol. The summed E-state index contributed by atoms with van der Waals surface area (Å²) < 4.78 is 0. The lowest BCUT2D eigenvalue weighted by Gasteiger charge is -2.39. The number of hydrogen-bond acceptors (Lipinski definition) is 6. The minimum Gasteiger partial charge on any atom is -0.350 e. The van der Waals surface area contributed by atoms with Gasteiger partial charge in [-0.3, -0.25) is 9.69 Å². The van der Waals surface area contributed by atoms with Crippen LogP contribution >= 0.6 is 22.7 Å². The zero-order valence-corrected chi connectivity index (χ0v) is 14.2. The van der Waals surface area contributed by atoms with E-state index in [1.54, 1.807) is 22.7 Å². The Morgan fingerprint density at radius 2 is 2.32 bits per heavy atom. The van der Waals surface area contributed by atoms with Gasteiger partial charge in [0.2, 0.25) is 5.91 Å². The Morgan fingerprint density at radius 1 is 1.41 bits per heavy atom. The summed E-state index contributed by atoms with van der Waals surface area (Å²) in [5.41, 5.74) is 0. The number of carbonyl (C=O) groups excluding carboxylic acids is 1. The number of anilines is 1. The molecule has 1 aliphatic heterocycles. The molecule has 0 unspecified atom stereocenters. The number of rotatable bonds is 5. The van der Waals surface area contributed by atoms with Crippen molar-refractivity contribution in [2.24, 2.45) is 0 Å². The largest absolute Gasteiger partial charge is 0.350 e. The second-order valence-corrected chi connectivity index (χ2v) is 7.35. The number of amides is 1. The molecule has 3 rings (SSSR count). The van der Waals surface area contributed by atoms with Gasteiger partial charge >= 0.3 is 0 Å². The van der Waals surface area contributed by atoms with Crippen molar-refractivity contribution < 1.29 is 4.79 Å². The van der Waals surface area contributed by atoms with Gasteiger partial charge in [0.1, 0.15) is 0 Å². The van der Waals surface area contributed by atoms with Gasteiger partial charge in [0.25, 0.3) is 0 Å². The molecule has 0 radical (unpaired) electrons. The van der Waals surface area contributed by atoms with Crippen LogP contribution < -0.4 is 10.2 Å². The number of thiophene rings is 1. The Hall–Kier alpha value is -1.44. The molecule has 118 valence electrons. The number of hydrogen-bond donors (Lipinski definition) is 1. The van der Waals surface area contributed by atoms with Gasteiger partial charge in [-0.15, -0.1) is 22.7 Å². The number of nitrogens with zero attached hydrogens (tertiary/aromatic N) is 3. The lowest BCUT2D eigenvalue weighted by molar-refractivity contribution is -0.122. The van der Waals surface area contributed by atoms with Gasteiger partial charge in [0, 0.05) is 42.1 Å². The first-order valence-electron chi connectivity index (χ1n) is 7.40. The molecule has 7 heteroatoms. The number of aromatic nitrogens is 1. The Bertz CT molecular complexity index is 585. The predicted octanol–water partition coefficient (Wildman–Crippen LogP) is 2.03. The van der Waals surface area contributed by atoms with Crippen LogP contribution in [0.15, 0.2) is 29.1 Å². The van der Waals surface area contributed by atoms with Gasteiger partial charge in [-0.25, -0.2) is 4.98 Å². The molecule has 1 N–H and O–H groups in total. The summed E-state index contributed by atoms with van der Waals surface area (Å²) >= 11 is 3.34. The molecule has 0 aliphatic carbocycles. The van der Waals surface area contributed by atoms with Crippen LogP contribution in [0.5, 0.6) is 0 Å². The highest BCUT2D eigenvalue weighted by atomic mass is 32.1. The highest BCUT2D eigenvalue weighted by Crippen LogP contribution is 2.22. The summed E-state index contributed by atoms with van der Waals surface area (Å²) in [7, 11) is 0. The van der Waals surface area contributed by atoms with Crippen LogP contribution in [-0.2, 0) is 11.3 Å². The van der Waals surface area contributed by atoms with Crippen LogP contribution in [0.1, 0.15) is 11.8 Å². The molecule has 1 fully saturated rings.